The third kappa shape index (κ3) is 5.58. The standard InChI is InChI=1S/C23H28N2O5/c1-17(18-7-9-19(10-8-18)21(26)27)25-22(28)23(11-14-29-15-12-23)24-13-16-30-20-5-3-2-4-6-20/h2-10,17,24H,11-16H2,1H3,(H,25,28)(H,26,27). The first-order valence-electron chi connectivity index (χ1n) is 10.1. The predicted octanol–water partition coefficient (Wildman–Crippen LogP) is 2.78. The molecule has 3 rings (SSSR count). The molecule has 160 valence electrons. The average Bonchev–Trinajstić information content (AvgIpc) is 2.78. The molecule has 2 aromatic carbocycles. The van der Waals surface area contributed by atoms with E-state index in [-0.39, 0.29) is 17.5 Å². The number of carbonyl (C=O) groups excluding carboxylic acids is 1. The molecule has 1 saturated heterocycles. The Bertz CT molecular complexity index is 832. The number of carboxylic acids is 1. The van der Waals surface area contributed by atoms with Gasteiger partial charge in [0, 0.05) is 19.8 Å². The molecule has 0 radical (unpaired) electrons. The van der Waals surface area contributed by atoms with Crippen molar-refractivity contribution in [3.8, 4) is 5.75 Å². The van der Waals surface area contributed by atoms with Crippen molar-refractivity contribution in [3.05, 3.63) is 65.7 Å². The molecule has 1 fully saturated rings. The van der Waals surface area contributed by atoms with Crippen LogP contribution in [0.2, 0.25) is 0 Å². The van der Waals surface area contributed by atoms with Crippen LogP contribution in [0.15, 0.2) is 54.6 Å². The first kappa shape index (κ1) is 21.8. The quantitative estimate of drug-likeness (QED) is 0.548. The van der Waals surface area contributed by atoms with Gasteiger partial charge in [0.25, 0.3) is 0 Å². The van der Waals surface area contributed by atoms with Gasteiger partial charge in [-0.15, -0.1) is 0 Å². The summed E-state index contributed by atoms with van der Waals surface area (Å²) in [6.45, 7) is 3.90. The number of aromatic carboxylic acids is 1. The number of carboxylic acid groups (broad SMARTS) is 1. The minimum Gasteiger partial charge on any atom is -0.492 e. The van der Waals surface area contributed by atoms with Crippen LogP contribution in [0, 0.1) is 0 Å². The van der Waals surface area contributed by atoms with Crippen molar-refractivity contribution in [2.45, 2.75) is 31.3 Å². The summed E-state index contributed by atoms with van der Waals surface area (Å²) in [7, 11) is 0. The monoisotopic (exact) mass is 412 g/mol. The van der Waals surface area contributed by atoms with Crippen molar-refractivity contribution >= 4 is 11.9 Å². The second kappa shape index (κ2) is 10.2. The molecule has 7 nitrogen and oxygen atoms in total. The summed E-state index contributed by atoms with van der Waals surface area (Å²) in [5.74, 6) is -0.259. The highest BCUT2D eigenvalue weighted by molar-refractivity contribution is 5.88. The summed E-state index contributed by atoms with van der Waals surface area (Å²) >= 11 is 0. The Hall–Kier alpha value is -2.90. The number of rotatable bonds is 9. The number of benzene rings is 2. The second-order valence-electron chi connectivity index (χ2n) is 7.41. The molecule has 0 bridgehead atoms. The van der Waals surface area contributed by atoms with E-state index in [0.717, 1.165) is 11.3 Å². The molecular weight excluding hydrogens is 384 g/mol. The van der Waals surface area contributed by atoms with Gasteiger partial charge in [-0.1, -0.05) is 30.3 Å². The molecule has 1 amide bonds. The van der Waals surface area contributed by atoms with Gasteiger partial charge < -0.3 is 19.9 Å². The van der Waals surface area contributed by atoms with Crippen LogP contribution in [0.25, 0.3) is 0 Å². The Morgan fingerprint density at radius 2 is 1.77 bits per heavy atom. The van der Waals surface area contributed by atoms with Crippen molar-refractivity contribution in [2.75, 3.05) is 26.4 Å². The fourth-order valence-corrected chi connectivity index (χ4v) is 3.51. The van der Waals surface area contributed by atoms with Gasteiger partial charge in [0.05, 0.1) is 11.6 Å². The minimum atomic E-state index is -0.971. The van der Waals surface area contributed by atoms with Gasteiger partial charge in [-0.3, -0.25) is 10.1 Å². The Kier molecular flexibility index (Phi) is 7.43. The normalized spacial score (nSPS) is 16.4. The van der Waals surface area contributed by atoms with Crippen molar-refractivity contribution < 1.29 is 24.2 Å². The molecule has 0 spiro atoms. The molecule has 30 heavy (non-hydrogen) atoms. The number of hydrogen-bond donors (Lipinski definition) is 3. The molecule has 1 unspecified atom stereocenters. The minimum absolute atomic E-state index is 0.0830. The molecule has 0 aromatic heterocycles. The van der Waals surface area contributed by atoms with Gasteiger partial charge in [-0.2, -0.15) is 0 Å². The highest BCUT2D eigenvalue weighted by Crippen LogP contribution is 2.23. The topological polar surface area (TPSA) is 96.9 Å². The molecule has 3 N–H and O–H groups in total. The van der Waals surface area contributed by atoms with Crippen LogP contribution in [0.1, 0.15) is 41.7 Å². The summed E-state index contributed by atoms with van der Waals surface area (Å²) < 4.78 is 11.2. The maximum Gasteiger partial charge on any atom is 0.335 e. The zero-order valence-electron chi connectivity index (χ0n) is 17.1. The number of amides is 1. The number of hydrogen-bond acceptors (Lipinski definition) is 5. The molecule has 1 atom stereocenters. The number of carbonyl (C=O) groups is 2. The lowest BCUT2D eigenvalue weighted by Crippen LogP contribution is -2.60. The van der Waals surface area contributed by atoms with Crippen molar-refractivity contribution in [1.29, 1.82) is 0 Å². The smallest absolute Gasteiger partial charge is 0.335 e. The molecular formula is C23H28N2O5. The lowest BCUT2D eigenvalue weighted by Gasteiger charge is -2.37. The van der Waals surface area contributed by atoms with Crippen LogP contribution in [0.3, 0.4) is 0 Å². The van der Waals surface area contributed by atoms with Gasteiger partial charge in [0.2, 0.25) is 5.91 Å². The van der Waals surface area contributed by atoms with E-state index in [2.05, 4.69) is 10.6 Å². The highest BCUT2D eigenvalue weighted by atomic mass is 16.5. The Balaban J connectivity index is 1.59. The molecule has 2 aromatic rings. The van der Waals surface area contributed by atoms with Crippen LogP contribution < -0.4 is 15.4 Å². The lowest BCUT2D eigenvalue weighted by molar-refractivity contribution is -0.132. The Morgan fingerprint density at radius 1 is 1.10 bits per heavy atom. The maximum atomic E-state index is 13.2. The van der Waals surface area contributed by atoms with E-state index < -0.39 is 11.5 Å². The van der Waals surface area contributed by atoms with Gasteiger partial charge in [-0.25, -0.2) is 4.79 Å². The summed E-state index contributed by atoms with van der Waals surface area (Å²) in [5, 5.41) is 15.5. The highest BCUT2D eigenvalue weighted by Gasteiger charge is 2.40. The van der Waals surface area contributed by atoms with Crippen LogP contribution in [0.5, 0.6) is 5.75 Å². The fraction of sp³-hybridized carbons (Fsp3) is 0.391. The van der Waals surface area contributed by atoms with Crippen molar-refractivity contribution in [1.82, 2.24) is 10.6 Å². The summed E-state index contributed by atoms with van der Waals surface area (Å²) in [6, 6.07) is 15.9. The van der Waals surface area contributed by atoms with E-state index in [1.54, 1.807) is 24.3 Å². The van der Waals surface area contributed by atoms with Crippen LogP contribution in [-0.2, 0) is 9.53 Å². The molecule has 0 saturated carbocycles. The molecule has 1 heterocycles. The van der Waals surface area contributed by atoms with Crippen LogP contribution in [0.4, 0.5) is 0 Å². The fourth-order valence-electron chi connectivity index (χ4n) is 3.51. The zero-order chi connectivity index (χ0) is 21.4. The summed E-state index contributed by atoms with van der Waals surface area (Å²) in [6.07, 6.45) is 1.16. The largest absolute Gasteiger partial charge is 0.492 e. The van der Waals surface area contributed by atoms with Gasteiger partial charge in [0.15, 0.2) is 0 Å². The molecule has 7 heteroatoms. The third-order valence-electron chi connectivity index (χ3n) is 5.36. The summed E-state index contributed by atoms with van der Waals surface area (Å²) in [4.78, 5) is 24.2. The van der Waals surface area contributed by atoms with E-state index in [9.17, 15) is 9.59 Å². The predicted molar refractivity (Wildman–Crippen MR) is 113 cm³/mol. The molecule has 0 aliphatic carbocycles. The number of para-hydroxylation sites is 1. The third-order valence-corrected chi connectivity index (χ3v) is 5.36. The Morgan fingerprint density at radius 3 is 2.40 bits per heavy atom. The van der Waals surface area contributed by atoms with Crippen molar-refractivity contribution in [3.63, 3.8) is 0 Å². The van der Waals surface area contributed by atoms with Crippen LogP contribution in [-0.4, -0.2) is 48.9 Å². The Labute approximate surface area is 176 Å². The van der Waals surface area contributed by atoms with E-state index >= 15 is 0 Å². The molecule has 1 aliphatic rings. The summed E-state index contributed by atoms with van der Waals surface area (Å²) in [5.41, 5.74) is 0.356. The van der Waals surface area contributed by atoms with E-state index in [4.69, 9.17) is 14.6 Å². The SMILES string of the molecule is CC(NC(=O)C1(NCCOc2ccccc2)CCOCC1)c1ccc(C(=O)O)cc1. The van der Waals surface area contributed by atoms with E-state index in [0.29, 0.717) is 39.2 Å². The van der Waals surface area contributed by atoms with Crippen molar-refractivity contribution in [2.24, 2.45) is 0 Å². The zero-order valence-corrected chi connectivity index (χ0v) is 17.1. The first-order valence-corrected chi connectivity index (χ1v) is 10.1. The van der Waals surface area contributed by atoms with E-state index in [1.165, 1.54) is 0 Å². The lowest BCUT2D eigenvalue weighted by atomic mass is 9.88. The van der Waals surface area contributed by atoms with E-state index in [1.807, 2.05) is 37.3 Å². The van der Waals surface area contributed by atoms with Gasteiger partial charge in [-0.05, 0) is 49.6 Å². The van der Waals surface area contributed by atoms with Crippen LogP contribution >= 0.6 is 0 Å². The van der Waals surface area contributed by atoms with Gasteiger partial charge in [0.1, 0.15) is 17.9 Å². The number of ether oxygens (including phenoxy) is 2. The molecule has 1 aliphatic heterocycles. The number of nitrogens with one attached hydrogen (secondary N) is 2. The maximum absolute atomic E-state index is 13.2. The second-order valence-corrected chi connectivity index (χ2v) is 7.41. The van der Waals surface area contributed by atoms with Gasteiger partial charge >= 0.3 is 5.97 Å². The average molecular weight is 412 g/mol. The first-order chi connectivity index (χ1) is 14.5.